The number of allylic oxidation sites excluding steroid dienone is 9. The Kier molecular flexibility index (Phi) is 5.69. The van der Waals surface area contributed by atoms with Gasteiger partial charge < -0.3 is 19.7 Å². The zero-order valence-electron chi connectivity index (χ0n) is 21.4. The van der Waals surface area contributed by atoms with E-state index in [9.17, 15) is 4.79 Å². The standard InChI is InChI=1S/C30H38N2O3/c1-19-4-10-24(17-26(19)22-7-11-25(12-8-22)32-20(2)5-6-21(32)3)31-29(33)30(14-15-30)23-9-13-27-28(16-23)35-18-34-27/h7,11-12,16-17,20-22H,4-6,8-10,13-15,18H2,1-3H3,(H,31,33). The van der Waals surface area contributed by atoms with Crippen LogP contribution in [0.25, 0.3) is 0 Å². The largest absolute Gasteiger partial charge is 0.458 e. The van der Waals surface area contributed by atoms with Crippen LogP contribution in [0.1, 0.15) is 78.6 Å². The molecule has 0 aromatic carbocycles. The number of nitrogens with one attached hydrogen (secondary N) is 1. The third-order valence-corrected chi connectivity index (χ3v) is 9.04. The normalized spacial score (nSPS) is 31.3. The molecule has 5 nitrogen and oxygen atoms in total. The Labute approximate surface area is 209 Å². The molecule has 186 valence electrons. The monoisotopic (exact) mass is 474 g/mol. The van der Waals surface area contributed by atoms with Crippen LogP contribution in [-0.4, -0.2) is 29.7 Å². The predicted molar refractivity (Wildman–Crippen MR) is 137 cm³/mol. The Bertz CT molecular complexity index is 1100. The number of likely N-dealkylation sites (tertiary alicyclic amines) is 1. The van der Waals surface area contributed by atoms with Crippen molar-refractivity contribution in [3.8, 4) is 0 Å². The van der Waals surface area contributed by atoms with E-state index >= 15 is 0 Å². The summed E-state index contributed by atoms with van der Waals surface area (Å²) in [6, 6.07) is 1.25. The van der Waals surface area contributed by atoms with Crippen molar-refractivity contribution >= 4 is 5.91 Å². The molecule has 0 spiro atoms. The van der Waals surface area contributed by atoms with Crippen LogP contribution in [0.5, 0.6) is 0 Å². The number of amides is 1. The first-order valence-electron chi connectivity index (χ1n) is 13.5. The van der Waals surface area contributed by atoms with Crippen molar-refractivity contribution in [2.45, 2.75) is 90.6 Å². The summed E-state index contributed by atoms with van der Waals surface area (Å²) in [6.07, 6.45) is 20.6. The van der Waals surface area contributed by atoms with E-state index in [0.717, 1.165) is 62.2 Å². The van der Waals surface area contributed by atoms with Crippen molar-refractivity contribution < 1.29 is 14.3 Å². The number of hydrogen-bond donors (Lipinski definition) is 1. The highest BCUT2D eigenvalue weighted by Crippen LogP contribution is 2.55. The number of hydrogen-bond acceptors (Lipinski definition) is 4. The third kappa shape index (κ3) is 4.07. The van der Waals surface area contributed by atoms with Gasteiger partial charge in [0.25, 0.3) is 0 Å². The van der Waals surface area contributed by atoms with E-state index in [-0.39, 0.29) is 11.3 Å². The molecule has 1 saturated heterocycles. The molecule has 1 N–H and O–H groups in total. The first-order chi connectivity index (χ1) is 16.9. The number of nitrogens with zero attached hydrogens (tertiary/aromatic N) is 1. The van der Waals surface area contributed by atoms with Crippen LogP contribution in [0, 0.1) is 11.3 Å². The molecule has 6 aliphatic rings. The molecule has 2 aliphatic heterocycles. The summed E-state index contributed by atoms with van der Waals surface area (Å²) in [5.41, 5.74) is 6.15. The van der Waals surface area contributed by atoms with E-state index in [2.05, 4.69) is 61.4 Å². The maximum Gasteiger partial charge on any atom is 0.234 e. The van der Waals surface area contributed by atoms with Crippen molar-refractivity contribution in [3.05, 3.63) is 70.0 Å². The van der Waals surface area contributed by atoms with Crippen LogP contribution >= 0.6 is 0 Å². The van der Waals surface area contributed by atoms with Gasteiger partial charge in [0.2, 0.25) is 12.7 Å². The highest BCUT2D eigenvalue weighted by Gasteiger charge is 2.53. The number of carbonyl (C=O) groups excluding carboxylic acids is 1. The summed E-state index contributed by atoms with van der Waals surface area (Å²) in [6.45, 7) is 7.25. The maximum atomic E-state index is 13.5. The molecule has 1 amide bonds. The first-order valence-corrected chi connectivity index (χ1v) is 13.5. The van der Waals surface area contributed by atoms with Gasteiger partial charge in [0.15, 0.2) is 5.76 Å². The summed E-state index contributed by atoms with van der Waals surface area (Å²) in [7, 11) is 0. The van der Waals surface area contributed by atoms with Gasteiger partial charge in [-0.1, -0.05) is 23.3 Å². The second-order valence-corrected chi connectivity index (χ2v) is 11.3. The van der Waals surface area contributed by atoms with E-state index in [4.69, 9.17) is 9.47 Å². The fourth-order valence-corrected chi connectivity index (χ4v) is 6.68. The van der Waals surface area contributed by atoms with Gasteiger partial charge in [-0.3, -0.25) is 4.79 Å². The van der Waals surface area contributed by atoms with E-state index in [1.54, 1.807) is 0 Å². The molecule has 5 heteroatoms. The van der Waals surface area contributed by atoms with Crippen LogP contribution in [0.2, 0.25) is 0 Å². The van der Waals surface area contributed by atoms with Crippen LogP contribution in [0.3, 0.4) is 0 Å². The Morgan fingerprint density at radius 3 is 2.57 bits per heavy atom. The fourth-order valence-electron chi connectivity index (χ4n) is 6.68. The molecule has 0 radical (unpaired) electrons. The lowest BCUT2D eigenvalue weighted by atomic mass is 9.83. The number of carbonyl (C=O) groups is 1. The second-order valence-electron chi connectivity index (χ2n) is 11.3. The molecule has 1 saturated carbocycles. The minimum Gasteiger partial charge on any atom is -0.458 e. The molecule has 2 heterocycles. The zero-order chi connectivity index (χ0) is 24.2. The van der Waals surface area contributed by atoms with Gasteiger partial charge in [-0.25, -0.2) is 0 Å². The summed E-state index contributed by atoms with van der Waals surface area (Å²) in [4.78, 5) is 16.1. The van der Waals surface area contributed by atoms with Gasteiger partial charge in [-0.2, -0.15) is 0 Å². The molecule has 3 unspecified atom stereocenters. The molecule has 3 atom stereocenters. The molecular formula is C30H38N2O3. The molecule has 0 aromatic rings. The van der Waals surface area contributed by atoms with Crippen molar-refractivity contribution in [1.29, 1.82) is 0 Å². The summed E-state index contributed by atoms with van der Waals surface area (Å²) in [5, 5.41) is 3.34. The molecular weight excluding hydrogens is 436 g/mol. The van der Waals surface area contributed by atoms with Gasteiger partial charge in [0, 0.05) is 35.8 Å². The van der Waals surface area contributed by atoms with Crippen LogP contribution in [-0.2, 0) is 14.3 Å². The summed E-state index contributed by atoms with van der Waals surface area (Å²) >= 11 is 0. The van der Waals surface area contributed by atoms with Crippen LogP contribution < -0.4 is 5.32 Å². The Morgan fingerprint density at radius 2 is 1.86 bits per heavy atom. The number of ether oxygens (including phenoxy) is 2. The van der Waals surface area contributed by atoms with E-state index < -0.39 is 0 Å². The Hall–Kier alpha value is -2.69. The maximum absolute atomic E-state index is 13.5. The van der Waals surface area contributed by atoms with Crippen molar-refractivity contribution in [3.63, 3.8) is 0 Å². The summed E-state index contributed by atoms with van der Waals surface area (Å²) in [5.74, 6) is 2.32. The lowest BCUT2D eigenvalue weighted by Crippen LogP contribution is -2.34. The van der Waals surface area contributed by atoms with Crippen LogP contribution in [0.4, 0.5) is 0 Å². The topological polar surface area (TPSA) is 50.8 Å². The second kappa shape index (κ2) is 8.76. The average molecular weight is 475 g/mol. The van der Waals surface area contributed by atoms with Crippen molar-refractivity contribution in [1.82, 2.24) is 10.2 Å². The Balaban J connectivity index is 1.14. The third-order valence-electron chi connectivity index (χ3n) is 9.04. The quantitative estimate of drug-likeness (QED) is 0.520. The average Bonchev–Trinajstić information content (AvgIpc) is 3.43. The van der Waals surface area contributed by atoms with Gasteiger partial charge >= 0.3 is 0 Å². The lowest BCUT2D eigenvalue weighted by molar-refractivity contribution is -0.124. The lowest BCUT2D eigenvalue weighted by Gasteiger charge is -2.33. The molecule has 0 bridgehead atoms. The van der Waals surface area contributed by atoms with E-state index in [1.165, 1.54) is 35.3 Å². The molecule has 4 aliphatic carbocycles. The molecule has 35 heavy (non-hydrogen) atoms. The van der Waals surface area contributed by atoms with Gasteiger partial charge in [-0.05, 0) is 95.9 Å². The summed E-state index contributed by atoms with van der Waals surface area (Å²) < 4.78 is 11.1. The highest BCUT2D eigenvalue weighted by atomic mass is 16.7. The fraction of sp³-hybridized carbons (Fsp3) is 0.567. The predicted octanol–water partition coefficient (Wildman–Crippen LogP) is 6.15. The molecule has 6 rings (SSSR count). The van der Waals surface area contributed by atoms with Crippen molar-refractivity contribution in [2.75, 3.05) is 6.79 Å². The highest BCUT2D eigenvalue weighted by molar-refractivity contribution is 5.90. The van der Waals surface area contributed by atoms with Crippen LogP contribution in [0.15, 0.2) is 70.0 Å². The zero-order valence-corrected chi connectivity index (χ0v) is 21.4. The SMILES string of the molecule is CC1=C(C2C=CC(N3C(C)CCC3C)=CC2)C=C(NC(=O)C2(C3=CC4=C(CC3)OCO4)CC2)CC1. The first kappa shape index (κ1) is 22.8. The minimum absolute atomic E-state index is 0.162. The van der Waals surface area contributed by atoms with Gasteiger partial charge in [-0.15, -0.1) is 0 Å². The van der Waals surface area contributed by atoms with Crippen molar-refractivity contribution in [2.24, 2.45) is 11.3 Å². The minimum atomic E-state index is -0.354. The van der Waals surface area contributed by atoms with Gasteiger partial charge in [0.1, 0.15) is 5.76 Å². The molecule has 0 aromatic heterocycles. The van der Waals surface area contributed by atoms with E-state index in [0.29, 0.717) is 24.8 Å². The smallest absolute Gasteiger partial charge is 0.234 e. The van der Waals surface area contributed by atoms with E-state index in [1.807, 2.05) is 0 Å². The number of rotatable bonds is 5. The Morgan fingerprint density at radius 1 is 1.06 bits per heavy atom. The molecule has 2 fully saturated rings. The van der Waals surface area contributed by atoms with Gasteiger partial charge in [0.05, 0.1) is 5.41 Å².